The van der Waals surface area contributed by atoms with Gasteiger partial charge in [0.2, 0.25) is 0 Å². The number of ether oxygens (including phenoxy) is 1. The minimum absolute atomic E-state index is 0.0200. The molecule has 1 saturated heterocycles. The van der Waals surface area contributed by atoms with E-state index < -0.39 is 5.97 Å². The molecule has 1 aromatic carbocycles. The number of carboxylic acid groups (broad SMARTS) is 1. The molecular weight excluding hydrogens is 384 g/mol. The van der Waals surface area contributed by atoms with E-state index in [4.69, 9.17) is 22.1 Å². The van der Waals surface area contributed by atoms with E-state index in [1.165, 1.54) is 16.7 Å². The number of hydrogen-bond donors (Lipinski definition) is 1. The molecule has 0 aliphatic carbocycles. The van der Waals surface area contributed by atoms with E-state index >= 15 is 0 Å². The van der Waals surface area contributed by atoms with Crippen molar-refractivity contribution >= 4 is 46.3 Å². The van der Waals surface area contributed by atoms with Gasteiger partial charge >= 0.3 is 5.97 Å². The first-order valence-electron chi connectivity index (χ1n) is 8.71. The fraction of sp³-hybridized carbons (Fsp3) is 0.421. The van der Waals surface area contributed by atoms with Gasteiger partial charge < -0.3 is 14.7 Å². The van der Waals surface area contributed by atoms with E-state index in [1.54, 1.807) is 6.08 Å². The third-order valence-corrected chi connectivity index (χ3v) is 5.22. The van der Waals surface area contributed by atoms with E-state index in [9.17, 15) is 9.59 Å². The van der Waals surface area contributed by atoms with Crippen molar-refractivity contribution in [3.8, 4) is 5.75 Å². The fourth-order valence-electron chi connectivity index (χ4n) is 2.46. The first kappa shape index (κ1) is 21.4. The summed E-state index contributed by atoms with van der Waals surface area (Å²) in [6, 6.07) is 7.57. The number of carbonyl (C=O) groups is 2. The van der Waals surface area contributed by atoms with Gasteiger partial charge in [-0.1, -0.05) is 36.1 Å². The summed E-state index contributed by atoms with van der Waals surface area (Å²) in [6.45, 7) is 1.97. The lowest BCUT2D eigenvalue weighted by atomic mass is 10.2. The van der Waals surface area contributed by atoms with Gasteiger partial charge in [0.25, 0.3) is 5.91 Å². The number of nitrogens with zero attached hydrogens (tertiary/aromatic N) is 2. The summed E-state index contributed by atoms with van der Waals surface area (Å²) in [7, 11) is 4.06. The summed E-state index contributed by atoms with van der Waals surface area (Å²) in [5.41, 5.74) is 0.890. The lowest BCUT2D eigenvalue weighted by Gasteiger charge is -2.13. The van der Waals surface area contributed by atoms with Gasteiger partial charge in [-0.05, 0) is 50.7 Å². The van der Waals surface area contributed by atoms with Crippen LogP contribution in [-0.2, 0) is 9.59 Å². The summed E-state index contributed by atoms with van der Waals surface area (Å²) in [4.78, 5) is 27.2. The van der Waals surface area contributed by atoms with E-state index in [0.717, 1.165) is 24.3 Å². The standard InChI is InChI=1S/C19H24N2O4S2/c1-20(2)10-4-12-25-15-8-6-14(7-9-15)13-16-18(24)21(19(26)27-16)11-3-5-17(22)23/h6-9,13H,3-5,10-12H2,1-2H3,(H,22,23)/b16-13-. The van der Waals surface area contributed by atoms with Crippen LogP contribution in [0.5, 0.6) is 5.75 Å². The molecule has 27 heavy (non-hydrogen) atoms. The maximum Gasteiger partial charge on any atom is 0.303 e. The molecule has 2 rings (SSSR count). The number of carboxylic acids is 1. The smallest absolute Gasteiger partial charge is 0.303 e. The summed E-state index contributed by atoms with van der Waals surface area (Å²) >= 11 is 6.49. The molecule has 6 nitrogen and oxygen atoms in total. The zero-order valence-electron chi connectivity index (χ0n) is 15.5. The molecule has 1 aromatic rings. The number of carbonyl (C=O) groups excluding carboxylic acids is 1. The first-order chi connectivity index (χ1) is 12.9. The molecule has 1 aliphatic heterocycles. The van der Waals surface area contributed by atoms with Gasteiger partial charge in [-0.2, -0.15) is 0 Å². The quantitative estimate of drug-likeness (QED) is 0.362. The van der Waals surface area contributed by atoms with Gasteiger partial charge in [0.15, 0.2) is 0 Å². The Balaban J connectivity index is 1.91. The van der Waals surface area contributed by atoms with Crippen LogP contribution in [0.15, 0.2) is 29.2 Å². The summed E-state index contributed by atoms with van der Waals surface area (Å²) in [5, 5.41) is 8.72. The van der Waals surface area contributed by atoms with Crippen molar-refractivity contribution in [2.75, 3.05) is 33.8 Å². The lowest BCUT2D eigenvalue weighted by Crippen LogP contribution is -2.29. The molecular formula is C19H24N2O4S2. The first-order valence-corrected chi connectivity index (χ1v) is 9.94. The van der Waals surface area contributed by atoms with Crippen LogP contribution >= 0.6 is 24.0 Å². The van der Waals surface area contributed by atoms with Crippen molar-refractivity contribution < 1.29 is 19.4 Å². The number of thioether (sulfide) groups is 1. The molecule has 1 heterocycles. The van der Waals surface area contributed by atoms with Crippen LogP contribution in [0.2, 0.25) is 0 Å². The second kappa shape index (κ2) is 10.4. The van der Waals surface area contributed by atoms with E-state index in [-0.39, 0.29) is 12.3 Å². The third-order valence-electron chi connectivity index (χ3n) is 3.84. The highest BCUT2D eigenvalue weighted by molar-refractivity contribution is 8.26. The van der Waals surface area contributed by atoms with Crippen molar-refractivity contribution in [3.63, 3.8) is 0 Å². The Morgan fingerprint density at radius 1 is 1.30 bits per heavy atom. The highest BCUT2D eigenvalue weighted by atomic mass is 32.2. The molecule has 0 saturated carbocycles. The molecule has 0 aromatic heterocycles. The average molecular weight is 409 g/mol. The SMILES string of the molecule is CN(C)CCCOc1ccc(/C=C2\SC(=S)N(CCCC(=O)O)C2=O)cc1. The molecule has 8 heteroatoms. The normalized spacial score (nSPS) is 15.8. The van der Waals surface area contributed by atoms with Gasteiger partial charge in [-0.15, -0.1) is 0 Å². The predicted octanol–water partition coefficient (Wildman–Crippen LogP) is 3.08. The van der Waals surface area contributed by atoms with Crippen LogP contribution in [0, 0.1) is 0 Å². The molecule has 1 amide bonds. The van der Waals surface area contributed by atoms with Crippen molar-refractivity contribution in [3.05, 3.63) is 34.7 Å². The summed E-state index contributed by atoms with van der Waals surface area (Å²) in [5.74, 6) is -0.244. The van der Waals surface area contributed by atoms with Crippen molar-refractivity contribution in [1.82, 2.24) is 9.80 Å². The molecule has 0 bridgehead atoms. The Morgan fingerprint density at radius 2 is 2.00 bits per heavy atom. The Hall–Kier alpha value is -1.90. The van der Waals surface area contributed by atoms with Crippen LogP contribution in [0.3, 0.4) is 0 Å². The molecule has 0 atom stereocenters. The maximum absolute atomic E-state index is 12.5. The zero-order chi connectivity index (χ0) is 19.8. The van der Waals surface area contributed by atoms with E-state index in [1.807, 2.05) is 38.4 Å². The van der Waals surface area contributed by atoms with Crippen LogP contribution in [0.25, 0.3) is 6.08 Å². The Kier molecular flexibility index (Phi) is 8.27. The monoisotopic (exact) mass is 408 g/mol. The Morgan fingerprint density at radius 3 is 2.63 bits per heavy atom. The van der Waals surface area contributed by atoms with Gasteiger partial charge in [0.1, 0.15) is 10.1 Å². The zero-order valence-corrected chi connectivity index (χ0v) is 17.1. The van der Waals surface area contributed by atoms with Crippen molar-refractivity contribution in [2.24, 2.45) is 0 Å². The van der Waals surface area contributed by atoms with E-state index in [2.05, 4.69) is 4.90 Å². The van der Waals surface area contributed by atoms with Crippen LogP contribution in [-0.4, -0.2) is 64.9 Å². The maximum atomic E-state index is 12.5. The largest absolute Gasteiger partial charge is 0.494 e. The fourth-order valence-corrected chi connectivity index (χ4v) is 3.77. The van der Waals surface area contributed by atoms with Gasteiger partial charge in [-0.3, -0.25) is 14.5 Å². The van der Waals surface area contributed by atoms with Gasteiger partial charge in [0, 0.05) is 19.5 Å². The molecule has 1 fully saturated rings. The molecule has 1 aliphatic rings. The van der Waals surface area contributed by atoms with E-state index in [0.29, 0.717) is 28.8 Å². The van der Waals surface area contributed by atoms with Gasteiger partial charge in [-0.25, -0.2) is 0 Å². The molecule has 1 N–H and O–H groups in total. The summed E-state index contributed by atoms with van der Waals surface area (Å²) in [6.07, 6.45) is 3.16. The average Bonchev–Trinajstić information content (AvgIpc) is 2.87. The van der Waals surface area contributed by atoms with Crippen LogP contribution in [0.1, 0.15) is 24.8 Å². The minimum atomic E-state index is -0.875. The highest BCUT2D eigenvalue weighted by Gasteiger charge is 2.31. The number of hydrogen-bond acceptors (Lipinski definition) is 6. The third kappa shape index (κ3) is 6.97. The minimum Gasteiger partial charge on any atom is -0.494 e. The number of benzene rings is 1. The topological polar surface area (TPSA) is 70.1 Å². The van der Waals surface area contributed by atoms with Crippen molar-refractivity contribution in [1.29, 1.82) is 0 Å². The molecule has 0 spiro atoms. The molecule has 0 unspecified atom stereocenters. The Bertz CT molecular complexity index is 717. The number of aliphatic carboxylic acids is 1. The van der Waals surface area contributed by atoms with Crippen LogP contribution < -0.4 is 4.74 Å². The highest BCUT2D eigenvalue weighted by Crippen LogP contribution is 2.32. The van der Waals surface area contributed by atoms with Gasteiger partial charge in [0.05, 0.1) is 11.5 Å². The van der Waals surface area contributed by atoms with Crippen molar-refractivity contribution in [2.45, 2.75) is 19.3 Å². The molecule has 146 valence electrons. The number of amides is 1. The molecule has 0 radical (unpaired) electrons. The second-order valence-corrected chi connectivity index (χ2v) is 8.08. The van der Waals surface area contributed by atoms with Crippen LogP contribution in [0.4, 0.5) is 0 Å². The predicted molar refractivity (Wildman–Crippen MR) is 112 cm³/mol. The Labute approximate surface area is 169 Å². The lowest BCUT2D eigenvalue weighted by molar-refractivity contribution is -0.137. The number of thiocarbonyl (C=S) groups is 1. The number of rotatable bonds is 10. The summed E-state index contributed by atoms with van der Waals surface area (Å²) < 4.78 is 6.17. The second-order valence-electron chi connectivity index (χ2n) is 6.40.